The van der Waals surface area contributed by atoms with Gasteiger partial charge in [-0.05, 0) is 29.7 Å². The summed E-state index contributed by atoms with van der Waals surface area (Å²) in [5.74, 6) is -0.891. The molecule has 1 unspecified atom stereocenters. The van der Waals surface area contributed by atoms with E-state index in [-0.39, 0.29) is 10.8 Å². The number of aryl methyl sites for hydroxylation is 1. The van der Waals surface area contributed by atoms with Crippen LogP contribution in [0.25, 0.3) is 0 Å². The molecule has 5 rings (SSSR count). The summed E-state index contributed by atoms with van der Waals surface area (Å²) in [5.41, 5.74) is 1.17. The first-order chi connectivity index (χ1) is 13.8. The molecule has 0 radical (unpaired) electrons. The van der Waals surface area contributed by atoms with Gasteiger partial charge in [-0.1, -0.05) is 11.6 Å². The van der Waals surface area contributed by atoms with Crippen LogP contribution < -0.4 is 0 Å². The average molecular weight is 442 g/mol. The van der Waals surface area contributed by atoms with Crippen LogP contribution in [-0.2, 0) is 33.0 Å². The lowest BCUT2D eigenvalue weighted by molar-refractivity contribution is -0.231. The van der Waals surface area contributed by atoms with Crippen LogP contribution in [0.2, 0.25) is 5.02 Å². The van der Waals surface area contributed by atoms with Gasteiger partial charge in [-0.25, -0.2) is 12.8 Å². The van der Waals surface area contributed by atoms with E-state index in [0.717, 1.165) is 0 Å². The fourth-order valence-corrected chi connectivity index (χ4v) is 6.84. The van der Waals surface area contributed by atoms with Crippen LogP contribution in [0.5, 0.6) is 0 Å². The van der Waals surface area contributed by atoms with Gasteiger partial charge in [-0.3, -0.25) is 4.68 Å². The van der Waals surface area contributed by atoms with Gasteiger partial charge >= 0.3 is 0 Å². The molecule has 1 spiro atoms. The number of hydrogen-bond acceptors (Lipinski definition) is 5. The van der Waals surface area contributed by atoms with Crippen LogP contribution in [0.15, 0.2) is 29.3 Å². The smallest absolute Gasteiger partial charge is 0.243 e. The molecule has 2 aliphatic heterocycles. The Bertz CT molecular complexity index is 1040. The lowest BCUT2D eigenvalue weighted by Gasteiger charge is -2.44. The number of sulfonamides is 1. The molecule has 2 aromatic rings. The van der Waals surface area contributed by atoms with Crippen molar-refractivity contribution < 1.29 is 22.3 Å². The Kier molecular flexibility index (Phi) is 4.52. The first-order valence-corrected chi connectivity index (χ1v) is 11.4. The maximum Gasteiger partial charge on any atom is 0.243 e. The van der Waals surface area contributed by atoms with Crippen molar-refractivity contribution in [3.8, 4) is 0 Å². The second-order valence-corrected chi connectivity index (χ2v) is 10.2. The Morgan fingerprint density at radius 2 is 2.03 bits per heavy atom. The molecule has 29 heavy (non-hydrogen) atoms. The molecule has 1 saturated carbocycles. The molecule has 1 aliphatic carbocycles. The Labute approximate surface area is 173 Å². The molecule has 156 valence electrons. The zero-order valence-corrected chi connectivity index (χ0v) is 17.4. The number of ether oxygens (including phenoxy) is 2. The SMILES string of the molecule is Cn1ncc(Cl)c1CC1c2cc(F)ccc2S(=O)(=O)N1CC1CC2(C1)OCCO2. The summed E-state index contributed by atoms with van der Waals surface area (Å²) in [6.45, 7) is 1.47. The van der Waals surface area contributed by atoms with Crippen molar-refractivity contribution in [1.82, 2.24) is 14.1 Å². The fourth-order valence-electron chi connectivity index (χ4n) is 4.69. The van der Waals surface area contributed by atoms with Crippen molar-refractivity contribution in [3.63, 3.8) is 0 Å². The van der Waals surface area contributed by atoms with Crippen molar-refractivity contribution in [2.75, 3.05) is 19.8 Å². The molecule has 0 bridgehead atoms. The van der Waals surface area contributed by atoms with E-state index in [1.807, 2.05) is 0 Å². The highest BCUT2D eigenvalue weighted by atomic mass is 35.5. The molecule has 3 heterocycles. The number of hydrogen-bond donors (Lipinski definition) is 0. The second-order valence-electron chi connectivity index (χ2n) is 7.92. The highest BCUT2D eigenvalue weighted by Crippen LogP contribution is 2.48. The molecule has 1 aromatic carbocycles. The third-order valence-corrected chi connectivity index (χ3v) is 8.38. The Balaban J connectivity index is 1.47. The Hall–Kier alpha value is -1.52. The number of benzene rings is 1. The minimum absolute atomic E-state index is 0.117. The van der Waals surface area contributed by atoms with Gasteiger partial charge < -0.3 is 9.47 Å². The van der Waals surface area contributed by atoms with E-state index in [4.69, 9.17) is 21.1 Å². The number of halogens is 2. The molecule has 3 aliphatic rings. The summed E-state index contributed by atoms with van der Waals surface area (Å²) in [6.07, 6.45) is 3.16. The summed E-state index contributed by atoms with van der Waals surface area (Å²) in [7, 11) is -1.98. The quantitative estimate of drug-likeness (QED) is 0.729. The third kappa shape index (κ3) is 3.11. The predicted octanol–water partition coefficient (Wildman–Crippen LogP) is 2.65. The van der Waals surface area contributed by atoms with Gasteiger partial charge in [-0.15, -0.1) is 0 Å². The number of rotatable bonds is 4. The predicted molar refractivity (Wildman–Crippen MR) is 102 cm³/mol. The molecule has 0 amide bonds. The molecule has 1 aromatic heterocycles. The number of fused-ring (bicyclic) bond motifs is 1. The molecular formula is C19H21ClFN3O4S. The van der Waals surface area contributed by atoms with Gasteiger partial charge in [0.2, 0.25) is 10.0 Å². The molecule has 10 heteroatoms. The van der Waals surface area contributed by atoms with Crippen molar-refractivity contribution in [3.05, 3.63) is 46.5 Å². The summed E-state index contributed by atoms with van der Waals surface area (Å²) in [4.78, 5) is 0.157. The third-order valence-electron chi connectivity index (χ3n) is 6.11. The van der Waals surface area contributed by atoms with Gasteiger partial charge in [-0.2, -0.15) is 9.40 Å². The van der Waals surface area contributed by atoms with Crippen LogP contribution >= 0.6 is 11.6 Å². The van der Waals surface area contributed by atoms with Gasteiger partial charge in [0.25, 0.3) is 0 Å². The van der Waals surface area contributed by atoms with E-state index < -0.39 is 27.7 Å². The lowest BCUT2D eigenvalue weighted by atomic mass is 9.78. The first kappa shape index (κ1) is 19.4. The van der Waals surface area contributed by atoms with Crippen molar-refractivity contribution in [1.29, 1.82) is 0 Å². The van der Waals surface area contributed by atoms with Crippen molar-refractivity contribution in [2.24, 2.45) is 13.0 Å². The van der Waals surface area contributed by atoms with Crippen LogP contribution in [0.3, 0.4) is 0 Å². The lowest BCUT2D eigenvalue weighted by Crippen LogP contribution is -2.49. The molecule has 2 fully saturated rings. The average Bonchev–Trinajstić information content (AvgIpc) is 3.29. The minimum Gasteiger partial charge on any atom is -0.348 e. The number of aromatic nitrogens is 2. The molecule has 7 nitrogen and oxygen atoms in total. The zero-order chi connectivity index (χ0) is 20.4. The van der Waals surface area contributed by atoms with E-state index in [9.17, 15) is 12.8 Å². The van der Waals surface area contributed by atoms with Gasteiger partial charge in [0.05, 0.1) is 41.1 Å². The highest BCUT2D eigenvalue weighted by molar-refractivity contribution is 7.89. The van der Waals surface area contributed by atoms with Gasteiger partial charge in [0, 0.05) is 32.9 Å². The van der Waals surface area contributed by atoms with Gasteiger partial charge in [0.1, 0.15) is 5.82 Å². The van der Waals surface area contributed by atoms with Crippen LogP contribution in [0, 0.1) is 11.7 Å². The Morgan fingerprint density at radius 3 is 2.69 bits per heavy atom. The molecule has 1 saturated heterocycles. The summed E-state index contributed by atoms with van der Waals surface area (Å²) < 4.78 is 55.0. The van der Waals surface area contributed by atoms with E-state index in [1.54, 1.807) is 11.7 Å². The minimum atomic E-state index is -3.74. The first-order valence-electron chi connectivity index (χ1n) is 9.55. The topological polar surface area (TPSA) is 73.7 Å². The molecule has 1 atom stereocenters. The van der Waals surface area contributed by atoms with E-state index >= 15 is 0 Å². The van der Waals surface area contributed by atoms with Crippen LogP contribution in [0.1, 0.15) is 30.1 Å². The van der Waals surface area contributed by atoms with Crippen LogP contribution in [0.4, 0.5) is 4.39 Å². The summed E-state index contributed by atoms with van der Waals surface area (Å²) in [6, 6.07) is 3.31. The standard InChI is InChI=1S/C19H21ClFN3O4S/c1-23-17(15(20)10-22-23)7-16-14-6-13(21)2-3-18(14)29(25,26)24(16)11-12-8-19(9-12)27-4-5-28-19/h2-3,6,10,12,16H,4-5,7-9,11H2,1H3. The van der Waals surface area contributed by atoms with E-state index in [1.165, 1.54) is 28.7 Å². The normalized spacial score (nSPS) is 25.4. The summed E-state index contributed by atoms with van der Waals surface area (Å²) >= 11 is 6.27. The largest absolute Gasteiger partial charge is 0.348 e. The highest BCUT2D eigenvalue weighted by Gasteiger charge is 2.52. The second kappa shape index (κ2) is 6.75. The molecular weight excluding hydrogens is 421 g/mol. The number of nitrogens with zero attached hydrogens (tertiary/aromatic N) is 3. The van der Waals surface area contributed by atoms with Crippen molar-refractivity contribution in [2.45, 2.75) is 36.0 Å². The van der Waals surface area contributed by atoms with Crippen LogP contribution in [-0.4, -0.2) is 48.0 Å². The Morgan fingerprint density at radius 1 is 1.31 bits per heavy atom. The maximum absolute atomic E-state index is 14.0. The summed E-state index contributed by atoms with van der Waals surface area (Å²) in [5, 5.41) is 4.60. The maximum atomic E-state index is 14.0. The van der Waals surface area contributed by atoms with Crippen molar-refractivity contribution >= 4 is 21.6 Å². The van der Waals surface area contributed by atoms with Gasteiger partial charge in [0.15, 0.2) is 5.79 Å². The van der Waals surface area contributed by atoms with E-state index in [2.05, 4.69) is 5.10 Å². The van der Waals surface area contributed by atoms with E-state index in [0.29, 0.717) is 55.3 Å². The monoisotopic (exact) mass is 441 g/mol. The molecule has 0 N–H and O–H groups in total. The fraction of sp³-hybridized carbons (Fsp3) is 0.526. The zero-order valence-electron chi connectivity index (χ0n) is 15.8.